The van der Waals surface area contributed by atoms with Gasteiger partial charge in [0.05, 0.1) is 11.1 Å². The van der Waals surface area contributed by atoms with Crippen molar-refractivity contribution < 1.29 is 19.1 Å². The molecule has 0 saturated heterocycles. The average molecular weight is 465 g/mol. The number of ether oxygens (including phenoxy) is 2. The van der Waals surface area contributed by atoms with Crippen LogP contribution in [0, 0.1) is 6.92 Å². The second-order valence-corrected chi connectivity index (χ2v) is 8.36. The zero-order valence-corrected chi connectivity index (χ0v) is 20.0. The third kappa shape index (κ3) is 5.67. The maximum absolute atomic E-state index is 13.1. The monoisotopic (exact) mass is 464 g/mol. The zero-order chi connectivity index (χ0) is 24.6. The predicted octanol–water partition coefficient (Wildman–Crippen LogP) is 7.44. The van der Waals surface area contributed by atoms with Crippen molar-refractivity contribution in [3.8, 4) is 22.6 Å². The highest BCUT2D eigenvalue weighted by atomic mass is 16.6. The van der Waals surface area contributed by atoms with Crippen molar-refractivity contribution >= 4 is 11.9 Å². The highest BCUT2D eigenvalue weighted by Gasteiger charge is 2.25. The summed E-state index contributed by atoms with van der Waals surface area (Å²) < 4.78 is 11.9. The molecule has 0 N–H and O–H groups in total. The first kappa shape index (κ1) is 24.0. The number of esters is 2. The Labute approximate surface area is 206 Å². The van der Waals surface area contributed by atoms with Gasteiger partial charge >= 0.3 is 11.9 Å². The summed E-state index contributed by atoms with van der Waals surface area (Å²) in [4.78, 5) is 26.1. The molecule has 0 aliphatic rings. The van der Waals surface area contributed by atoms with E-state index in [1.165, 1.54) is 0 Å². The summed E-state index contributed by atoms with van der Waals surface area (Å²) in [6.45, 7) is 3.98. The number of rotatable bonds is 8. The molecule has 0 radical (unpaired) electrons. The van der Waals surface area contributed by atoms with E-state index in [4.69, 9.17) is 9.47 Å². The van der Waals surface area contributed by atoms with Gasteiger partial charge in [0, 0.05) is 5.56 Å². The predicted molar refractivity (Wildman–Crippen MR) is 138 cm³/mol. The normalized spacial score (nSPS) is 10.6. The molecule has 0 atom stereocenters. The summed E-state index contributed by atoms with van der Waals surface area (Å²) in [6.07, 6.45) is 2.53. The fraction of sp³-hybridized carbons (Fsp3) is 0.161. The highest BCUT2D eigenvalue weighted by molar-refractivity contribution is 5.94. The summed E-state index contributed by atoms with van der Waals surface area (Å²) in [6, 6.07) is 29.6. The lowest BCUT2D eigenvalue weighted by Crippen LogP contribution is -2.15. The first-order valence-electron chi connectivity index (χ1n) is 11.8. The zero-order valence-electron chi connectivity index (χ0n) is 20.0. The van der Waals surface area contributed by atoms with E-state index in [-0.39, 0.29) is 5.75 Å². The fourth-order valence-electron chi connectivity index (χ4n) is 3.97. The fourth-order valence-corrected chi connectivity index (χ4v) is 3.97. The third-order valence-corrected chi connectivity index (χ3v) is 5.80. The van der Waals surface area contributed by atoms with Crippen molar-refractivity contribution in [1.29, 1.82) is 0 Å². The van der Waals surface area contributed by atoms with Crippen LogP contribution in [-0.4, -0.2) is 11.9 Å². The minimum absolute atomic E-state index is 0.272. The van der Waals surface area contributed by atoms with E-state index in [0.29, 0.717) is 28.9 Å². The first-order valence-corrected chi connectivity index (χ1v) is 11.8. The van der Waals surface area contributed by atoms with E-state index in [0.717, 1.165) is 29.5 Å². The molecule has 0 bridgehead atoms. The van der Waals surface area contributed by atoms with Crippen LogP contribution in [0.1, 0.15) is 51.6 Å². The molecule has 35 heavy (non-hydrogen) atoms. The molecule has 4 aromatic rings. The Morgan fingerprint density at radius 1 is 0.686 bits per heavy atom. The Kier molecular flexibility index (Phi) is 7.74. The van der Waals surface area contributed by atoms with E-state index in [9.17, 15) is 9.59 Å². The van der Waals surface area contributed by atoms with Crippen LogP contribution in [0.5, 0.6) is 11.5 Å². The lowest BCUT2D eigenvalue weighted by Gasteiger charge is -2.21. The van der Waals surface area contributed by atoms with Gasteiger partial charge in [-0.3, -0.25) is 0 Å². The molecule has 4 heteroatoms. The van der Waals surface area contributed by atoms with Gasteiger partial charge in [0.1, 0.15) is 0 Å². The molecule has 4 rings (SSSR count). The molecule has 0 fully saturated rings. The van der Waals surface area contributed by atoms with Gasteiger partial charge in [0.2, 0.25) is 0 Å². The van der Waals surface area contributed by atoms with Gasteiger partial charge in [-0.1, -0.05) is 80.1 Å². The Balaban J connectivity index is 1.86. The lowest BCUT2D eigenvalue weighted by molar-refractivity contribution is 0.0680. The van der Waals surface area contributed by atoms with Gasteiger partial charge in [-0.25, -0.2) is 9.59 Å². The summed E-state index contributed by atoms with van der Waals surface area (Å²) in [5.41, 5.74) is 4.39. The molecule has 0 aromatic heterocycles. The number of benzene rings is 4. The topological polar surface area (TPSA) is 52.6 Å². The van der Waals surface area contributed by atoms with Crippen LogP contribution in [0.4, 0.5) is 0 Å². The molecule has 0 aliphatic heterocycles. The molecular formula is C31H28O4. The van der Waals surface area contributed by atoms with Crippen molar-refractivity contribution in [2.75, 3.05) is 0 Å². The van der Waals surface area contributed by atoms with E-state index in [2.05, 4.69) is 6.92 Å². The van der Waals surface area contributed by atoms with Crippen LogP contribution in [0.15, 0.2) is 97.1 Å². The summed E-state index contributed by atoms with van der Waals surface area (Å²) >= 11 is 0. The van der Waals surface area contributed by atoms with E-state index in [1.807, 2.05) is 55.5 Å². The molecule has 4 nitrogen and oxygen atoms in total. The number of hydrogen-bond acceptors (Lipinski definition) is 4. The van der Waals surface area contributed by atoms with Crippen LogP contribution in [0.3, 0.4) is 0 Å². The number of carbonyl (C=O) groups excluding carboxylic acids is 2. The van der Waals surface area contributed by atoms with Crippen molar-refractivity contribution in [1.82, 2.24) is 0 Å². The second-order valence-electron chi connectivity index (χ2n) is 8.36. The summed E-state index contributed by atoms with van der Waals surface area (Å²) in [5.74, 6) is -0.422. The standard InChI is InChI=1S/C31H28O4/c1-3-4-20-26-27(23-14-8-5-9-15-23)21-22(2)28(34-30(32)24-16-10-6-11-17-24)29(26)35-31(33)25-18-12-7-13-19-25/h5-19,21H,3-4,20H2,1-2H3. The minimum atomic E-state index is -0.500. The average Bonchev–Trinajstić information content (AvgIpc) is 2.91. The smallest absolute Gasteiger partial charge is 0.343 e. The quantitative estimate of drug-likeness (QED) is 0.201. The Hall–Kier alpha value is -4.18. The maximum atomic E-state index is 13.1. The first-order chi connectivity index (χ1) is 17.1. The molecule has 0 spiro atoms. The van der Waals surface area contributed by atoms with Crippen molar-refractivity contribution in [2.45, 2.75) is 33.1 Å². The lowest BCUT2D eigenvalue weighted by atomic mass is 9.92. The molecule has 0 saturated carbocycles. The third-order valence-electron chi connectivity index (χ3n) is 5.80. The number of carbonyl (C=O) groups is 2. The SMILES string of the molecule is CCCCc1c(-c2ccccc2)cc(C)c(OC(=O)c2ccccc2)c1OC(=O)c1ccccc1. The summed E-state index contributed by atoms with van der Waals surface area (Å²) in [7, 11) is 0. The largest absolute Gasteiger partial charge is 0.419 e. The van der Waals surface area contributed by atoms with Crippen LogP contribution in [0.2, 0.25) is 0 Å². The molecule has 176 valence electrons. The van der Waals surface area contributed by atoms with Crippen molar-refractivity contribution in [3.05, 3.63) is 119 Å². The van der Waals surface area contributed by atoms with Gasteiger partial charge in [0.25, 0.3) is 0 Å². The molecule has 0 amide bonds. The second kappa shape index (κ2) is 11.3. The molecule has 0 unspecified atom stereocenters. The Morgan fingerprint density at radius 3 is 1.69 bits per heavy atom. The number of aryl methyl sites for hydroxylation is 1. The molecule has 4 aromatic carbocycles. The summed E-state index contributed by atoms with van der Waals surface area (Å²) in [5, 5.41) is 0. The van der Waals surface area contributed by atoms with Gasteiger partial charge in [0.15, 0.2) is 11.5 Å². The molecule has 0 heterocycles. The molecule has 0 aliphatic carbocycles. The molecular weight excluding hydrogens is 436 g/mol. The minimum Gasteiger partial charge on any atom is -0.419 e. The van der Waals surface area contributed by atoms with Crippen LogP contribution in [0.25, 0.3) is 11.1 Å². The van der Waals surface area contributed by atoms with Crippen LogP contribution < -0.4 is 9.47 Å². The highest BCUT2D eigenvalue weighted by Crippen LogP contribution is 2.43. The van der Waals surface area contributed by atoms with Crippen LogP contribution >= 0.6 is 0 Å². The van der Waals surface area contributed by atoms with E-state index in [1.54, 1.807) is 48.5 Å². The van der Waals surface area contributed by atoms with Crippen LogP contribution in [-0.2, 0) is 6.42 Å². The van der Waals surface area contributed by atoms with E-state index >= 15 is 0 Å². The van der Waals surface area contributed by atoms with Gasteiger partial charge < -0.3 is 9.47 Å². The van der Waals surface area contributed by atoms with Gasteiger partial charge in [-0.15, -0.1) is 0 Å². The number of hydrogen-bond donors (Lipinski definition) is 0. The Morgan fingerprint density at radius 2 is 1.17 bits per heavy atom. The number of unbranched alkanes of at least 4 members (excludes halogenated alkanes) is 1. The van der Waals surface area contributed by atoms with E-state index < -0.39 is 11.9 Å². The van der Waals surface area contributed by atoms with Gasteiger partial charge in [-0.2, -0.15) is 0 Å². The van der Waals surface area contributed by atoms with Gasteiger partial charge in [-0.05, 0) is 66.8 Å². The van der Waals surface area contributed by atoms with Crippen molar-refractivity contribution in [3.63, 3.8) is 0 Å². The van der Waals surface area contributed by atoms with Crippen molar-refractivity contribution in [2.24, 2.45) is 0 Å². The Bertz CT molecular complexity index is 1300. The maximum Gasteiger partial charge on any atom is 0.343 e.